The summed E-state index contributed by atoms with van der Waals surface area (Å²) in [6, 6.07) is 4.38. The lowest BCUT2D eigenvalue weighted by molar-refractivity contribution is -0.137. The van der Waals surface area contributed by atoms with Gasteiger partial charge in [-0.1, -0.05) is 12.1 Å². The molecule has 0 aliphatic carbocycles. The number of hydrogen-bond donors (Lipinski definition) is 1. The topological polar surface area (TPSA) is 58.1 Å². The van der Waals surface area contributed by atoms with E-state index >= 15 is 0 Å². The standard InChI is InChI=1S/C10H6F3N3O/c11-10(12,13)7-3-1-6(2-4-7)9-8(16-17)5-14-15-9/h1-5H,(H,14,15). The smallest absolute Gasteiger partial charge is 0.275 e. The highest BCUT2D eigenvalue weighted by atomic mass is 19.4. The predicted octanol–water partition coefficient (Wildman–Crippen LogP) is 3.49. The fraction of sp³-hybridized carbons (Fsp3) is 0.100. The van der Waals surface area contributed by atoms with E-state index in [1.54, 1.807) is 0 Å². The van der Waals surface area contributed by atoms with Crippen LogP contribution in [0.3, 0.4) is 0 Å². The molecule has 0 fully saturated rings. The molecule has 1 aromatic carbocycles. The van der Waals surface area contributed by atoms with Gasteiger partial charge in [-0.15, -0.1) is 4.91 Å². The highest BCUT2D eigenvalue weighted by Crippen LogP contribution is 2.32. The van der Waals surface area contributed by atoms with Crippen molar-refractivity contribution in [2.24, 2.45) is 5.18 Å². The highest BCUT2D eigenvalue weighted by Gasteiger charge is 2.30. The lowest BCUT2D eigenvalue weighted by Gasteiger charge is -2.06. The summed E-state index contributed by atoms with van der Waals surface area (Å²) in [6.07, 6.45) is -3.17. The van der Waals surface area contributed by atoms with Gasteiger partial charge >= 0.3 is 6.18 Å². The summed E-state index contributed by atoms with van der Waals surface area (Å²) in [5, 5.41) is 8.82. The van der Waals surface area contributed by atoms with Crippen molar-refractivity contribution in [3.05, 3.63) is 40.9 Å². The van der Waals surface area contributed by atoms with Gasteiger partial charge in [0.1, 0.15) is 0 Å². The zero-order valence-electron chi connectivity index (χ0n) is 8.32. The van der Waals surface area contributed by atoms with Crippen LogP contribution >= 0.6 is 0 Å². The minimum Gasteiger partial charge on any atom is -0.275 e. The Morgan fingerprint density at radius 2 is 1.82 bits per heavy atom. The van der Waals surface area contributed by atoms with Crippen molar-refractivity contribution < 1.29 is 13.2 Å². The van der Waals surface area contributed by atoms with Gasteiger partial charge in [-0.25, -0.2) is 0 Å². The molecule has 1 N–H and O–H groups in total. The molecular weight excluding hydrogens is 235 g/mol. The van der Waals surface area contributed by atoms with E-state index in [0.29, 0.717) is 11.3 Å². The third kappa shape index (κ3) is 2.17. The fourth-order valence-corrected chi connectivity index (χ4v) is 1.39. The van der Waals surface area contributed by atoms with Crippen LogP contribution < -0.4 is 0 Å². The van der Waals surface area contributed by atoms with Gasteiger partial charge in [0.2, 0.25) is 0 Å². The predicted molar refractivity (Wildman–Crippen MR) is 54.5 cm³/mol. The number of nitrogens with zero attached hydrogens (tertiary/aromatic N) is 2. The maximum Gasteiger partial charge on any atom is 0.416 e. The number of alkyl halides is 3. The minimum absolute atomic E-state index is 0.0600. The number of nitroso groups, excluding NO2 is 1. The molecule has 2 rings (SSSR count). The maximum atomic E-state index is 12.3. The van der Waals surface area contributed by atoms with E-state index in [1.807, 2.05) is 0 Å². The van der Waals surface area contributed by atoms with Crippen LogP contribution in [0, 0.1) is 4.91 Å². The summed E-state index contributed by atoms with van der Waals surface area (Å²) in [4.78, 5) is 10.4. The van der Waals surface area contributed by atoms with Crippen molar-refractivity contribution in [2.75, 3.05) is 0 Å². The van der Waals surface area contributed by atoms with Crippen molar-refractivity contribution in [3.8, 4) is 11.3 Å². The molecular formula is C10H6F3N3O. The molecule has 2 aromatic rings. The first-order chi connectivity index (χ1) is 8.02. The normalized spacial score (nSPS) is 11.5. The molecule has 0 atom stereocenters. The van der Waals surface area contributed by atoms with Gasteiger partial charge in [0.15, 0.2) is 5.69 Å². The number of aromatic amines is 1. The summed E-state index contributed by atoms with van der Waals surface area (Å²) < 4.78 is 37.0. The van der Waals surface area contributed by atoms with Crippen molar-refractivity contribution in [2.45, 2.75) is 6.18 Å². The zero-order valence-corrected chi connectivity index (χ0v) is 8.32. The average molecular weight is 241 g/mol. The van der Waals surface area contributed by atoms with Gasteiger partial charge < -0.3 is 0 Å². The molecule has 0 aliphatic heterocycles. The largest absolute Gasteiger partial charge is 0.416 e. The first kappa shape index (κ1) is 11.3. The third-order valence-corrected chi connectivity index (χ3v) is 2.22. The second kappa shape index (κ2) is 4.00. The van der Waals surface area contributed by atoms with Crippen LogP contribution in [0.15, 0.2) is 35.6 Å². The van der Waals surface area contributed by atoms with Crippen molar-refractivity contribution in [1.82, 2.24) is 10.2 Å². The Balaban J connectivity index is 2.39. The second-order valence-electron chi connectivity index (χ2n) is 3.30. The van der Waals surface area contributed by atoms with E-state index in [4.69, 9.17) is 0 Å². The molecule has 88 valence electrons. The fourth-order valence-electron chi connectivity index (χ4n) is 1.39. The number of H-pyrrole nitrogens is 1. The average Bonchev–Trinajstić information content (AvgIpc) is 2.76. The van der Waals surface area contributed by atoms with Crippen LogP contribution in [0.5, 0.6) is 0 Å². The van der Waals surface area contributed by atoms with Crippen molar-refractivity contribution in [3.63, 3.8) is 0 Å². The molecule has 0 saturated heterocycles. The molecule has 4 nitrogen and oxygen atoms in total. The first-order valence-corrected chi connectivity index (χ1v) is 4.56. The number of aromatic nitrogens is 2. The Morgan fingerprint density at radius 1 is 1.18 bits per heavy atom. The zero-order chi connectivity index (χ0) is 12.5. The summed E-state index contributed by atoms with van der Waals surface area (Å²) in [5.74, 6) is 0. The maximum absolute atomic E-state index is 12.3. The van der Waals surface area contributed by atoms with Crippen LogP contribution in [0.1, 0.15) is 5.56 Å². The third-order valence-electron chi connectivity index (χ3n) is 2.22. The molecule has 1 heterocycles. The molecule has 0 saturated carbocycles. The molecule has 17 heavy (non-hydrogen) atoms. The second-order valence-corrected chi connectivity index (χ2v) is 3.30. The minimum atomic E-state index is -4.38. The number of nitrogens with one attached hydrogen (secondary N) is 1. The number of halogens is 3. The summed E-state index contributed by atoms with van der Waals surface area (Å²) in [6.45, 7) is 0. The van der Waals surface area contributed by atoms with Crippen LogP contribution in [0.2, 0.25) is 0 Å². The molecule has 0 bridgehead atoms. The van der Waals surface area contributed by atoms with Crippen LogP contribution in [0.25, 0.3) is 11.3 Å². The Bertz CT molecular complexity index is 530. The van der Waals surface area contributed by atoms with Crippen LogP contribution in [-0.4, -0.2) is 10.2 Å². The lowest BCUT2D eigenvalue weighted by atomic mass is 10.1. The number of hydrogen-bond acceptors (Lipinski definition) is 3. The van der Waals surface area contributed by atoms with Gasteiger partial charge in [-0.2, -0.15) is 18.3 Å². The van der Waals surface area contributed by atoms with E-state index < -0.39 is 11.7 Å². The molecule has 0 amide bonds. The van der Waals surface area contributed by atoms with Crippen molar-refractivity contribution in [1.29, 1.82) is 0 Å². The molecule has 7 heteroatoms. The lowest BCUT2D eigenvalue weighted by Crippen LogP contribution is -2.03. The molecule has 0 unspecified atom stereocenters. The van der Waals surface area contributed by atoms with Gasteiger partial charge in [0.25, 0.3) is 0 Å². The van der Waals surface area contributed by atoms with E-state index in [-0.39, 0.29) is 5.69 Å². The summed E-state index contributed by atoms with van der Waals surface area (Å²) >= 11 is 0. The molecule has 1 aromatic heterocycles. The van der Waals surface area contributed by atoms with E-state index in [1.165, 1.54) is 18.3 Å². The Hall–Kier alpha value is -2.18. The number of rotatable bonds is 2. The SMILES string of the molecule is O=Nc1cn[nH]c1-c1ccc(C(F)(F)F)cc1. The summed E-state index contributed by atoms with van der Waals surface area (Å²) in [5.41, 5.74) is 0.0324. The number of benzene rings is 1. The first-order valence-electron chi connectivity index (χ1n) is 4.56. The molecule has 0 radical (unpaired) electrons. The van der Waals surface area contributed by atoms with Gasteiger partial charge in [-0.3, -0.25) is 5.10 Å². The highest BCUT2D eigenvalue weighted by molar-refractivity contribution is 5.71. The Labute approximate surface area is 93.4 Å². The monoisotopic (exact) mass is 241 g/mol. The van der Waals surface area contributed by atoms with Gasteiger partial charge in [0.05, 0.1) is 17.5 Å². The van der Waals surface area contributed by atoms with Crippen molar-refractivity contribution >= 4 is 5.69 Å². The summed E-state index contributed by atoms with van der Waals surface area (Å²) in [7, 11) is 0. The van der Waals surface area contributed by atoms with Gasteiger partial charge in [-0.05, 0) is 17.3 Å². The van der Waals surface area contributed by atoms with Gasteiger partial charge in [0, 0.05) is 5.56 Å². The molecule has 0 aliphatic rings. The quantitative estimate of drug-likeness (QED) is 0.818. The Kier molecular flexibility index (Phi) is 2.66. The van der Waals surface area contributed by atoms with Crippen LogP contribution in [0.4, 0.5) is 18.9 Å². The Morgan fingerprint density at radius 3 is 2.35 bits per heavy atom. The van der Waals surface area contributed by atoms with E-state index in [2.05, 4.69) is 15.4 Å². The van der Waals surface area contributed by atoms with E-state index in [9.17, 15) is 18.1 Å². The molecule has 0 spiro atoms. The van der Waals surface area contributed by atoms with E-state index in [0.717, 1.165) is 12.1 Å². The van der Waals surface area contributed by atoms with Crippen LogP contribution in [-0.2, 0) is 6.18 Å².